The lowest BCUT2D eigenvalue weighted by Gasteiger charge is -2.35. The Hall–Kier alpha value is -1.36. The molecule has 1 aliphatic rings. The number of carbonyl (C=O) groups excluding carboxylic acids is 1. The van der Waals surface area contributed by atoms with Crippen molar-refractivity contribution >= 4 is 5.91 Å². The topological polar surface area (TPSA) is 81.2 Å². The molecule has 5 nitrogen and oxygen atoms in total. The Morgan fingerprint density at radius 1 is 1.47 bits per heavy atom. The molecule has 1 aromatic heterocycles. The summed E-state index contributed by atoms with van der Waals surface area (Å²) in [6, 6.07) is 0. The van der Waals surface area contributed by atoms with Gasteiger partial charge in [0.1, 0.15) is 5.76 Å². The zero-order chi connectivity index (χ0) is 13.7. The molecule has 1 amide bonds. The summed E-state index contributed by atoms with van der Waals surface area (Å²) in [5.74, 6) is 1.36. The molecule has 1 heterocycles. The largest absolute Gasteiger partial charge is 0.444 e. The van der Waals surface area contributed by atoms with E-state index in [4.69, 9.17) is 10.2 Å². The predicted molar refractivity (Wildman–Crippen MR) is 72.3 cm³/mol. The van der Waals surface area contributed by atoms with Crippen LogP contribution in [0.15, 0.2) is 10.6 Å². The molecule has 1 aliphatic carbocycles. The molecular weight excluding hydrogens is 242 g/mol. The minimum Gasteiger partial charge on any atom is -0.444 e. The molecule has 1 aromatic rings. The summed E-state index contributed by atoms with van der Waals surface area (Å²) in [7, 11) is 0. The number of oxazole rings is 1. The first-order valence-corrected chi connectivity index (χ1v) is 7.02. The average molecular weight is 265 g/mol. The highest BCUT2D eigenvalue weighted by Gasteiger charge is 2.32. The molecule has 5 heteroatoms. The van der Waals surface area contributed by atoms with Crippen LogP contribution in [-0.4, -0.2) is 17.4 Å². The number of hydrogen-bond acceptors (Lipinski definition) is 4. The van der Waals surface area contributed by atoms with Gasteiger partial charge in [0.25, 0.3) is 0 Å². The molecule has 0 atom stereocenters. The highest BCUT2D eigenvalue weighted by Crippen LogP contribution is 2.38. The number of rotatable bonds is 5. The Bertz CT molecular complexity index is 422. The van der Waals surface area contributed by atoms with Crippen molar-refractivity contribution in [2.24, 2.45) is 11.1 Å². The Labute approximate surface area is 114 Å². The van der Waals surface area contributed by atoms with Crippen molar-refractivity contribution < 1.29 is 9.21 Å². The summed E-state index contributed by atoms with van der Waals surface area (Å²) in [5, 5.41) is 2.87. The highest BCUT2D eigenvalue weighted by atomic mass is 16.4. The number of nitrogens with one attached hydrogen (secondary N) is 1. The smallest absolute Gasteiger partial charge is 0.221 e. The van der Waals surface area contributed by atoms with E-state index in [1.165, 1.54) is 19.3 Å². The molecule has 0 unspecified atom stereocenters. The van der Waals surface area contributed by atoms with Gasteiger partial charge in [0.05, 0.1) is 12.7 Å². The first kappa shape index (κ1) is 14.1. The van der Waals surface area contributed by atoms with Gasteiger partial charge in [-0.3, -0.25) is 4.79 Å². The summed E-state index contributed by atoms with van der Waals surface area (Å²) < 4.78 is 5.32. The van der Waals surface area contributed by atoms with Gasteiger partial charge < -0.3 is 15.5 Å². The monoisotopic (exact) mass is 265 g/mol. The second-order valence-electron chi connectivity index (χ2n) is 5.58. The lowest BCUT2D eigenvalue weighted by atomic mass is 9.71. The standard InChI is InChI=1S/C14H23N3O2/c1-11-8-17-13(19-11)9-16-12(18)7-14(10-15)5-3-2-4-6-14/h8H,2-7,9-10,15H2,1H3,(H,16,18). The van der Waals surface area contributed by atoms with Crippen LogP contribution in [0, 0.1) is 12.3 Å². The van der Waals surface area contributed by atoms with Gasteiger partial charge in [-0.05, 0) is 31.7 Å². The van der Waals surface area contributed by atoms with Gasteiger partial charge in [0, 0.05) is 6.42 Å². The van der Waals surface area contributed by atoms with Crippen molar-refractivity contribution in [2.45, 2.75) is 52.0 Å². The van der Waals surface area contributed by atoms with Gasteiger partial charge in [-0.1, -0.05) is 19.3 Å². The maximum atomic E-state index is 12.0. The summed E-state index contributed by atoms with van der Waals surface area (Å²) in [6.45, 7) is 2.79. The number of hydrogen-bond donors (Lipinski definition) is 2. The molecule has 0 radical (unpaired) electrons. The van der Waals surface area contributed by atoms with Gasteiger partial charge >= 0.3 is 0 Å². The van der Waals surface area contributed by atoms with Crippen LogP contribution < -0.4 is 11.1 Å². The van der Waals surface area contributed by atoms with Crippen LogP contribution in [-0.2, 0) is 11.3 Å². The van der Waals surface area contributed by atoms with E-state index in [0.717, 1.165) is 18.6 Å². The average Bonchev–Trinajstić information content (AvgIpc) is 2.83. The highest BCUT2D eigenvalue weighted by molar-refractivity contribution is 5.76. The molecule has 1 saturated carbocycles. The fourth-order valence-electron chi connectivity index (χ4n) is 2.82. The maximum Gasteiger partial charge on any atom is 0.221 e. The molecule has 19 heavy (non-hydrogen) atoms. The minimum absolute atomic E-state index is 0.00877. The minimum atomic E-state index is 0.00877. The van der Waals surface area contributed by atoms with Gasteiger partial charge in [-0.25, -0.2) is 4.98 Å². The number of aryl methyl sites for hydroxylation is 1. The predicted octanol–water partition coefficient (Wildman–Crippen LogP) is 1.90. The van der Waals surface area contributed by atoms with Crippen LogP contribution in [0.4, 0.5) is 0 Å². The third kappa shape index (κ3) is 3.80. The van der Waals surface area contributed by atoms with Crippen LogP contribution in [0.5, 0.6) is 0 Å². The van der Waals surface area contributed by atoms with E-state index in [9.17, 15) is 4.79 Å². The second kappa shape index (κ2) is 6.19. The van der Waals surface area contributed by atoms with Crippen LogP contribution in [0.25, 0.3) is 0 Å². The molecule has 106 valence electrons. The van der Waals surface area contributed by atoms with Crippen LogP contribution in [0.3, 0.4) is 0 Å². The van der Waals surface area contributed by atoms with Gasteiger partial charge in [0.15, 0.2) is 0 Å². The van der Waals surface area contributed by atoms with Crippen molar-refractivity contribution in [3.8, 4) is 0 Å². The third-order valence-corrected chi connectivity index (χ3v) is 3.99. The lowest BCUT2D eigenvalue weighted by Crippen LogP contribution is -2.38. The van der Waals surface area contributed by atoms with E-state index in [-0.39, 0.29) is 11.3 Å². The number of amides is 1. The molecule has 0 saturated heterocycles. The first-order valence-electron chi connectivity index (χ1n) is 7.02. The number of carbonyl (C=O) groups is 1. The molecule has 0 aromatic carbocycles. The third-order valence-electron chi connectivity index (χ3n) is 3.99. The van der Waals surface area contributed by atoms with E-state index in [1.54, 1.807) is 6.20 Å². The zero-order valence-corrected chi connectivity index (χ0v) is 11.6. The Morgan fingerprint density at radius 2 is 2.21 bits per heavy atom. The molecule has 0 bridgehead atoms. The van der Waals surface area contributed by atoms with Crippen molar-refractivity contribution in [2.75, 3.05) is 6.54 Å². The number of nitrogens with two attached hydrogens (primary N) is 1. The van der Waals surface area contributed by atoms with Crippen molar-refractivity contribution in [3.63, 3.8) is 0 Å². The fraction of sp³-hybridized carbons (Fsp3) is 0.714. The van der Waals surface area contributed by atoms with Crippen molar-refractivity contribution in [3.05, 3.63) is 17.8 Å². The molecule has 0 aliphatic heterocycles. The van der Waals surface area contributed by atoms with E-state index in [0.29, 0.717) is 25.4 Å². The first-order chi connectivity index (χ1) is 9.13. The Morgan fingerprint density at radius 3 is 2.79 bits per heavy atom. The van der Waals surface area contributed by atoms with Crippen LogP contribution >= 0.6 is 0 Å². The molecule has 1 fully saturated rings. The van der Waals surface area contributed by atoms with Crippen LogP contribution in [0.1, 0.15) is 50.2 Å². The normalized spacial score (nSPS) is 18.2. The Balaban J connectivity index is 1.82. The molecule has 2 rings (SSSR count). The van der Waals surface area contributed by atoms with Gasteiger partial charge in [0.2, 0.25) is 11.8 Å². The van der Waals surface area contributed by atoms with E-state index in [1.807, 2.05) is 6.92 Å². The maximum absolute atomic E-state index is 12.0. The number of aromatic nitrogens is 1. The molecular formula is C14H23N3O2. The summed E-state index contributed by atoms with van der Waals surface area (Å²) in [5.41, 5.74) is 5.90. The Kier molecular flexibility index (Phi) is 4.58. The van der Waals surface area contributed by atoms with Crippen molar-refractivity contribution in [1.29, 1.82) is 0 Å². The quantitative estimate of drug-likeness (QED) is 0.852. The van der Waals surface area contributed by atoms with Crippen LogP contribution in [0.2, 0.25) is 0 Å². The van der Waals surface area contributed by atoms with Crippen molar-refractivity contribution in [1.82, 2.24) is 10.3 Å². The van der Waals surface area contributed by atoms with Gasteiger partial charge in [-0.2, -0.15) is 0 Å². The SMILES string of the molecule is Cc1cnc(CNC(=O)CC2(CN)CCCCC2)o1. The number of nitrogens with zero attached hydrogens (tertiary/aromatic N) is 1. The summed E-state index contributed by atoms with van der Waals surface area (Å²) in [6.07, 6.45) is 7.93. The summed E-state index contributed by atoms with van der Waals surface area (Å²) in [4.78, 5) is 16.1. The second-order valence-corrected chi connectivity index (χ2v) is 5.58. The van der Waals surface area contributed by atoms with E-state index >= 15 is 0 Å². The fourth-order valence-corrected chi connectivity index (χ4v) is 2.82. The van der Waals surface area contributed by atoms with E-state index < -0.39 is 0 Å². The summed E-state index contributed by atoms with van der Waals surface area (Å²) >= 11 is 0. The molecule has 0 spiro atoms. The zero-order valence-electron chi connectivity index (χ0n) is 11.6. The lowest BCUT2D eigenvalue weighted by molar-refractivity contribution is -0.124. The van der Waals surface area contributed by atoms with Gasteiger partial charge in [-0.15, -0.1) is 0 Å². The molecule has 3 N–H and O–H groups in total. The van der Waals surface area contributed by atoms with E-state index in [2.05, 4.69) is 10.3 Å².